The van der Waals surface area contributed by atoms with Gasteiger partial charge in [0, 0.05) is 47.8 Å². The molecule has 2 saturated carbocycles. The van der Waals surface area contributed by atoms with E-state index in [1.807, 2.05) is 54.4 Å². The van der Waals surface area contributed by atoms with Gasteiger partial charge in [-0.2, -0.15) is 17.6 Å². The van der Waals surface area contributed by atoms with Crippen molar-refractivity contribution in [1.29, 1.82) is 0 Å². The number of carbonyl (C=O) groups is 5. The van der Waals surface area contributed by atoms with Crippen LogP contribution in [0.25, 0.3) is 22.5 Å². The van der Waals surface area contributed by atoms with Crippen LogP contribution in [0.1, 0.15) is 120 Å². The summed E-state index contributed by atoms with van der Waals surface area (Å²) in [5, 5.41) is 18.7. The SMILES string of the molecule is COC(=O)C(F)(F)C(F)(F)c1nnc(-c2ccc(NC(=O)[C@H](Cc3ccc(-c4ccc(C(=O)N[C@H]5CC[C@H](O[Si](C)(C)C(C)(C)C)CC5)cc4C)cc3)NC(=O)[C@H]3CC[C@H](CNC(=O)OC(C)(C)C)CC3)cc2)[nH]1. The Kier molecular flexibility index (Phi) is 17.9. The van der Waals surface area contributed by atoms with E-state index in [0.29, 0.717) is 44.9 Å². The maximum atomic E-state index is 14.6. The molecule has 2 aliphatic carbocycles. The number of rotatable bonds is 17. The van der Waals surface area contributed by atoms with Crippen LogP contribution >= 0.6 is 0 Å². The number of ether oxygens (including phenoxy) is 2. The smallest absolute Gasteiger partial charge is 0.412 e. The van der Waals surface area contributed by atoms with Gasteiger partial charge in [0.2, 0.25) is 17.6 Å². The molecule has 402 valence electrons. The molecule has 2 aliphatic rings. The number of nitrogens with one attached hydrogen (secondary N) is 5. The highest BCUT2D eigenvalue weighted by Gasteiger charge is 2.66. The highest BCUT2D eigenvalue weighted by molar-refractivity contribution is 6.74. The van der Waals surface area contributed by atoms with Gasteiger partial charge in [0.15, 0.2) is 14.1 Å². The number of benzene rings is 3. The minimum Gasteiger partial charge on any atom is -0.464 e. The standard InChI is InChI=1S/C54H71F4N7O8Si/c1-32-29-38(46(67)60-40-24-26-41(27-25-40)73-74(9,10)52(5,6)7)21-28-42(32)35-15-11-33(12-16-35)30-43(62-45(66)37-17-13-34(14-18-37)31-59-50(70)72-51(2,3)4)47(68)61-39-22-19-36(20-23-39)44-63-48(65-64-44)53(55,56)54(57,58)49(69)71-8/h11-12,15-16,19-23,28-29,34,37,40-41,43H,13-14,17-18,24-27,30-31H2,1-10H3,(H,59,70)(H,60,67)(H,61,68)(H,62,66)(H,63,64,65)/t34-,37-,40-,41-,43-/m0/s1. The summed E-state index contributed by atoms with van der Waals surface area (Å²) in [6.07, 6.45) is 5.81. The Morgan fingerprint density at radius 1 is 0.797 bits per heavy atom. The molecular formula is C54H71F4N7O8Si. The van der Waals surface area contributed by atoms with Crippen molar-refractivity contribution in [3.63, 3.8) is 0 Å². The van der Waals surface area contributed by atoms with Crippen molar-refractivity contribution in [2.75, 3.05) is 19.0 Å². The van der Waals surface area contributed by atoms with E-state index in [-0.39, 0.29) is 64.3 Å². The van der Waals surface area contributed by atoms with Crippen LogP contribution in [-0.4, -0.2) is 96.6 Å². The molecule has 2 fully saturated rings. The molecule has 20 heteroatoms. The number of alkyl carbamates (subject to hydrolysis) is 1. The third-order valence-electron chi connectivity index (χ3n) is 14.3. The molecule has 0 bridgehead atoms. The van der Waals surface area contributed by atoms with Gasteiger partial charge in [-0.05, 0) is 162 Å². The van der Waals surface area contributed by atoms with Crippen LogP contribution in [0.4, 0.5) is 28.0 Å². The van der Waals surface area contributed by atoms with Crippen LogP contribution in [0.5, 0.6) is 0 Å². The fourth-order valence-corrected chi connectivity index (χ4v) is 10.3. The molecule has 0 saturated heterocycles. The van der Waals surface area contributed by atoms with Gasteiger partial charge >= 0.3 is 23.9 Å². The lowest BCUT2D eigenvalue weighted by Crippen LogP contribution is -2.48. The normalized spacial score (nSPS) is 19.2. The number of alkyl halides is 4. The Morgan fingerprint density at radius 2 is 1.42 bits per heavy atom. The lowest BCUT2D eigenvalue weighted by molar-refractivity contribution is -0.233. The minimum atomic E-state index is -5.23. The van der Waals surface area contributed by atoms with Gasteiger partial charge < -0.3 is 40.2 Å². The van der Waals surface area contributed by atoms with Gasteiger partial charge in [0.25, 0.3) is 5.91 Å². The molecule has 6 rings (SSSR count). The lowest BCUT2D eigenvalue weighted by Gasteiger charge is -2.41. The van der Waals surface area contributed by atoms with Gasteiger partial charge in [-0.15, -0.1) is 10.2 Å². The molecular weight excluding hydrogens is 979 g/mol. The van der Waals surface area contributed by atoms with Crippen LogP contribution in [0, 0.1) is 18.8 Å². The first-order valence-corrected chi connectivity index (χ1v) is 28.1. The number of H-pyrrole nitrogens is 1. The second-order valence-electron chi connectivity index (χ2n) is 22.1. The fraction of sp³-hybridized carbons (Fsp3) is 0.537. The van der Waals surface area contributed by atoms with E-state index in [1.165, 1.54) is 24.3 Å². The lowest BCUT2D eigenvalue weighted by atomic mass is 9.81. The van der Waals surface area contributed by atoms with Crippen LogP contribution in [0.15, 0.2) is 66.7 Å². The number of amides is 4. The van der Waals surface area contributed by atoms with E-state index < -0.39 is 55.6 Å². The Bertz CT molecular complexity index is 2620. The number of carbonyl (C=O) groups excluding carboxylic acids is 5. The van der Waals surface area contributed by atoms with Gasteiger partial charge in [0.05, 0.1) is 7.11 Å². The van der Waals surface area contributed by atoms with Crippen molar-refractivity contribution >= 4 is 43.8 Å². The summed E-state index contributed by atoms with van der Waals surface area (Å²) in [7, 11) is -1.32. The molecule has 15 nitrogen and oxygen atoms in total. The second-order valence-corrected chi connectivity index (χ2v) is 26.9. The summed E-state index contributed by atoms with van der Waals surface area (Å²) >= 11 is 0. The number of methoxy groups -OCH3 is 1. The quantitative estimate of drug-likeness (QED) is 0.0385. The number of aromatic amines is 1. The van der Waals surface area contributed by atoms with Crippen molar-refractivity contribution < 1.29 is 55.4 Å². The number of anilines is 1. The van der Waals surface area contributed by atoms with E-state index in [2.05, 4.69) is 70.1 Å². The van der Waals surface area contributed by atoms with Crippen LogP contribution in [0.3, 0.4) is 0 Å². The summed E-state index contributed by atoms with van der Waals surface area (Å²) in [5.41, 5.74) is 3.82. The molecule has 1 heterocycles. The maximum Gasteiger partial charge on any atom is 0.412 e. The van der Waals surface area contributed by atoms with E-state index in [9.17, 15) is 41.5 Å². The van der Waals surface area contributed by atoms with Gasteiger partial charge in [-0.1, -0.05) is 51.1 Å². The van der Waals surface area contributed by atoms with Crippen LogP contribution in [-0.2, 0) is 40.6 Å². The third kappa shape index (κ3) is 14.4. The van der Waals surface area contributed by atoms with Crippen molar-refractivity contribution in [3.05, 3.63) is 89.2 Å². The molecule has 1 atom stereocenters. The third-order valence-corrected chi connectivity index (χ3v) is 18.8. The number of aryl methyl sites for hydroxylation is 1. The predicted molar refractivity (Wildman–Crippen MR) is 275 cm³/mol. The van der Waals surface area contributed by atoms with Crippen molar-refractivity contribution in [3.8, 4) is 22.5 Å². The van der Waals surface area contributed by atoms with Gasteiger partial charge in [-0.3, -0.25) is 14.4 Å². The number of hydrogen-bond acceptors (Lipinski definition) is 10. The zero-order chi connectivity index (χ0) is 54.4. The first-order chi connectivity index (χ1) is 34.6. The molecule has 4 amide bonds. The summed E-state index contributed by atoms with van der Waals surface area (Å²) in [5.74, 6) is -15.8. The fourth-order valence-electron chi connectivity index (χ4n) is 8.92. The number of halogens is 4. The largest absolute Gasteiger partial charge is 0.464 e. The number of aromatic nitrogens is 3. The Hall–Kier alpha value is -6.15. The summed E-state index contributed by atoms with van der Waals surface area (Å²) in [6, 6.07) is 17.9. The van der Waals surface area contributed by atoms with Crippen LogP contribution in [0.2, 0.25) is 18.1 Å². The Balaban J connectivity index is 1.11. The first-order valence-electron chi connectivity index (χ1n) is 25.2. The van der Waals surface area contributed by atoms with E-state index in [4.69, 9.17) is 9.16 Å². The molecule has 4 aromatic rings. The minimum absolute atomic E-state index is 0.0781. The molecule has 0 spiro atoms. The monoisotopic (exact) mass is 1050 g/mol. The van der Waals surface area contributed by atoms with Gasteiger partial charge in [-0.25, -0.2) is 9.59 Å². The average Bonchev–Trinajstić information content (AvgIpc) is 3.85. The van der Waals surface area contributed by atoms with Crippen molar-refractivity contribution in [2.45, 2.75) is 160 Å². The van der Waals surface area contributed by atoms with Gasteiger partial charge in [0.1, 0.15) is 11.6 Å². The first kappa shape index (κ1) is 57.1. The summed E-state index contributed by atoms with van der Waals surface area (Å²) in [6.45, 7) is 19.0. The predicted octanol–water partition coefficient (Wildman–Crippen LogP) is 10.4. The Labute approximate surface area is 431 Å². The van der Waals surface area contributed by atoms with E-state index in [0.717, 1.165) is 47.9 Å². The highest BCUT2D eigenvalue weighted by Crippen LogP contribution is 2.43. The number of hydrogen-bond donors (Lipinski definition) is 5. The van der Waals surface area contributed by atoms with E-state index in [1.54, 1.807) is 20.8 Å². The highest BCUT2D eigenvalue weighted by atomic mass is 28.4. The summed E-state index contributed by atoms with van der Waals surface area (Å²) < 4.78 is 73.5. The average molecular weight is 1050 g/mol. The molecule has 0 unspecified atom stereocenters. The Morgan fingerprint density at radius 3 is 2.00 bits per heavy atom. The number of esters is 1. The summed E-state index contributed by atoms with van der Waals surface area (Å²) in [4.78, 5) is 67.1. The zero-order valence-corrected chi connectivity index (χ0v) is 45.0. The van der Waals surface area contributed by atoms with Crippen LogP contribution < -0.4 is 21.3 Å². The van der Waals surface area contributed by atoms with E-state index >= 15 is 0 Å². The molecule has 3 aromatic carbocycles. The molecule has 5 N–H and O–H groups in total. The van der Waals surface area contributed by atoms with Crippen molar-refractivity contribution in [2.24, 2.45) is 11.8 Å². The second kappa shape index (κ2) is 23.2. The maximum absolute atomic E-state index is 14.6. The zero-order valence-electron chi connectivity index (χ0n) is 44.0. The molecule has 1 aromatic heterocycles. The molecule has 0 radical (unpaired) electrons. The molecule has 0 aliphatic heterocycles. The number of nitrogens with zero attached hydrogens (tertiary/aromatic N) is 2. The van der Waals surface area contributed by atoms with Crippen molar-refractivity contribution in [1.82, 2.24) is 31.1 Å². The topological polar surface area (TPSA) is 203 Å². The molecule has 74 heavy (non-hydrogen) atoms.